The van der Waals surface area contributed by atoms with Gasteiger partial charge in [0.05, 0.1) is 19.3 Å². The highest BCUT2D eigenvalue weighted by Crippen LogP contribution is 2.40. The summed E-state index contributed by atoms with van der Waals surface area (Å²) in [4.78, 5) is 24.6. The van der Waals surface area contributed by atoms with Gasteiger partial charge < -0.3 is 10.1 Å². The highest BCUT2D eigenvalue weighted by atomic mass is 16.5. The number of methoxy groups -OCH3 is 1. The molecule has 1 amide bonds. The summed E-state index contributed by atoms with van der Waals surface area (Å²) in [6, 6.07) is 7.20. The zero-order chi connectivity index (χ0) is 18.7. The molecular weight excluding hydrogens is 330 g/mol. The van der Waals surface area contributed by atoms with Crippen LogP contribution in [0.15, 0.2) is 30.5 Å². The van der Waals surface area contributed by atoms with E-state index >= 15 is 0 Å². The zero-order valence-electron chi connectivity index (χ0n) is 15.5. The molecule has 1 aromatic heterocycles. The van der Waals surface area contributed by atoms with E-state index in [1.165, 1.54) is 12.8 Å². The van der Waals surface area contributed by atoms with Gasteiger partial charge in [-0.15, -0.1) is 0 Å². The Bertz CT molecular complexity index is 791. The molecule has 1 N–H and O–H groups in total. The summed E-state index contributed by atoms with van der Waals surface area (Å²) < 4.78 is 6.98. The number of amides is 1. The molecule has 1 aliphatic rings. The van der Waals surface area contributed by atoms with Crippen molar-refractivity contribution in [1.82, 2.24) is 9.78 Å². The number of carbonyl (C=O) groups is 2. The molecular formula is C20H25N3O3. The van der Waals surface area contributed by atoms with Crippen molar-refractivity contribution in [2.24, 2.45) is 5.92 Å². The number of aryl methyl sites for hydroxylation is 1. The minimum Gasteiger partial charge on any atom is -0.497 e. The molecule has 0 bridgehead atoms. The summed E-state index contributed by atoms with van der Waals surface area (Å²) in [7, 11) is 1.58. The molecule has 1 aromatic carbocycles. The molecule has 0 aliphatic heterocycles. The topological polar surface area (TPSA) is 73.2 Å². The van der Waals surface area contributed by atoms with Crippen molar-refractivity contribution in [2.75, 3.05) is 12.4 Å². The largest absolute Gasteiger partial charge is 0.497 e. The first-order chi connectivity index (χ1) is 12.5. The molecule has 26 heavy (non-hydrogen) atoms. The third-order valence-corrected chi connectivity index (χ3v) is 4.92. The lowest BCUT2D eigenvalue weighted by Crippen LogP contribution is -2.19. The molecule has 1 fully saturated rings. The van der Waals surface area contributed by atoms with E-state index in [0.717, 1.165) is 11.4 Å². The normalized spacial score (nSPS) is 14.7. The van der Waals surface area contributed by atoms with Crippen molar-refractivity contribution in [1.29, 1.82) is 0 Å². The van der Waals surface area contributed by atoms with Crippen molar-refractivity contribution < 1.29 is 14.3 Å². The summed E-state index contributed by atoms with van der Waals surface area (Å²) in [5, 5.41) is 7.35. The summed E-state index contributed by atoms with van der Waals surface area (Å²) >= 11 is 0. The lowest BCUT2D eigenvalue weighted by Gasteiger charge is -2.16. The Morgan fingerprint density at radius 1 is 1.27 bits per heavy atom. The average molecular weight is 355 g/mol. The maximum absolute atomic E-state index is 12.3. The molecule has 0 unspecified atom stereocenters. The van der Waals surface area contributed by atoms with Crippen LogP contribution in [-0.2, 0) is 4.79 Å². The van der Waals surface area contributed by atoms with Crippen LogP contribution < -0.4 is 10.1 Å². The lowest BCUT2D eigenvalue weighted by atomic mass is 10.1. The first-order valence-electron chi connectivity index (χ1n) is 9.00. The fourth-order valence-electron chi connectivity index (χ4n) is 3.03. The maximum Gasteiger partial charge on any atom is 0.225 e. The standard InChI is InChI=1S/C20H25N3O3/c1-13-12-21-23(14(2)15-4-5-15)20(13)22-19(25)11-10-18(24)16-6-8-17(26-3)9-7-16/h6-9,12,14-15H,4-5,10-11H2,1-3H3,(H,22,25)/t14-/m0/s1. The van der Waals surface area contributed by atoms with Crippen molar-refractivity contribution >= 4 is 17.5 Å². The molecule has 1 aliphatic carbocycles. The first kappa shape index (κ1) is 18.2. The predicted molar refractivity (Wildman–Crippen MR) is 99.6 cm³/mol. The SMILES string of the molecule is COc1ccc(C(=O)CCC(=O)Nc2c(C)cnn2[C@@H](C)C2CC2)cc1. The van der Waals surface area contributed by atoms with Crippen molar-refractivity contribution in [3.05, 3.63) is 41.6 Å². The summed E-state index contributed by atoms with van der Waals surface area (Å²) in [5.41, 5.74) is 1.52. The number of nitrogens with zero attached hydrogens (tertiary/aromatic N) is 2. The van der Waals surface area contributed by atoms with Gasteiger partial charge in [0.2, 0.25) is 5.91 Å². The number of rotatable bonds is 8. The highest BCUT2D eigenvalue weighted by Gasteiger charge is 2.31. The quantitative estimate of drug-likeness (QED) is 0.732. The molecule has 1 atom stereocenters. The average Bonchev–Trinajstić information content (AvgIpc) is 3.44. The van der Waals surface area contributed by atoms with Gasteiger partial charge in [-0.05, 0) is 56.9 Å². The third kappa shape index (κ3) is 4.12. The molecule has 0 radical (unpaired) electrons. The Hall–Kier alpha value is -2.63. The second-order valence-electron chi connectivity index (χ2n) is 6.90. The number of anilines is 1. The van der Waals surface area contributed by atoms with Crippen LogP contribution in [-0.4, -0.2) is 28.6 Å². The number of ether oxygens (including phenoxy) is 1. The van der Waals surface area contributed by atoms with E-state index in [2.05, 4.69) is 17.3 Å². The first-order valence-corrected chi connectivity index (χ1v) is 9.00. The number of Topliss-reactive ketones (excluding diaryl/α,β-unsaturated/α-hetero) is 1. The zero-order valence-corrected chi connectivity index (χ0v) is 15.5. The van der Waals surface area contributed by atoms with E-state index < -0.39 is 0 Å². The van der Waals surface area contributed by atoms with E-state index in [-0.39, 0.29) is 30.6 Å². The van der Waals surface area contributed by atoms with Crippen molar-refractivity contribution in [3.8, 4) is 5.75 Å². The van der Waals surface area contributed by atoms with E-state index in [1.807, 2.05) is 11.6 Å². The van der Waals surface area contributed by atoms with Crippen LogP contribution in [0.1, 0.15) is 54.6 Å². The van der Waals surface area contributed by atoms with Gasteiger partial charge in [-0.2, -0.15) is 5.10 Å². The van der Waals surface area contributed by atoms with Crippen LogP contribution in [0.4, 0.5) is 5.82 Å². The Labute approximate surface area is 153 Å². The second-order valence-corrected chi connectivity index (χ2v) is 6.90. The summed E-state index contributed by atoms with van der Waals surface area (Å²) in [6.07, 6.45) is 4.52. The van der Waals surface area contributed by atoms with Crippen LogP contribution in [0.5, 0.6) is 5.75 Å². The molecule has 138 valence electrons. The monoisotopic (exact) mass is 355 g/mol. The molecule has 1 saturated carbocycles. The van der Waals surface area contributed by atoms with Gasteiger partial charge in [0.1, 0.15) is 11.6 Å². The maximum atomic E-state index is 12.3. The Morgan fingerprint density at radius 2 is 1.96 bits per heavy atom. The van der Waals surface area contributed by atoms with Gasteiger partial charge in [0.25, 0.3) is 0 Å². The molecule has 3 rings (SSSR count). The third-order valence-electron chi connectivity index (χ3n) is 4.92. The van der Waals surface area contributed by atoms with E-state index in [1.54, 1.807) is 37.6 Å². The Morgan fingerprint density at radius 3 is 2.58 bits per heavy atom. The number of hydrogen-bond donors (Lipinski definition) is 1. The fraction of sp³-hybridized carbons (Fsp3) is 0.450. The number of aromatic nitrogens is 2. The summed E-state index contributed by atoms with van der Waals surface area (Å²) in [6.45, 7) is 4.06. The van der Waals surface area contributed by atoms with E-state index in [0.29, 0.717) is 17.2 Å². The Kier molecular flexibility index (Phi) is 5.40. The minimum atomic E-state index is -0.167. The second kappa shape index (κ2) is 7.72. The highest BCUT2D eigenvalue weighted by molar-refractivity contribution is 6.00. The lowest BCUT2D eigenvalue weighted by molar-refractivity contribution is -0.116. The van der Waals surface area contributed by atoms with Crippen molar-refractivity contribution in [3.63, 3.8) is 0 Å². The number of benzene rings is 1. The van der Waals surface area contributed by atoms with Gasteiger partial charge in [0.15, 0.2) is 5.78 Å². The smallest absolute Gasteiger partial charge is 0.225 e. The van der Waals surface area contributed by atoms with Crippen LogP contribution in [0.2, 0.25) is 0 Å². The molecule has 2 aromatic rings. The van der Waals surface area contributed by atoms with Gasteiger partial charge in [-0.3, -0.25) is 9.59 Å². The van der Waals surface area contributed by atoms with Crippen LogP contribution in [0, 0.1) is 12.8 Å². The fourth-order valence-corrected chi connectivity index (χ4v) is 3.03. The number of carbonyl (C=O) groups excluding carboxylic acids is 2. The van der Waals surface area contributed by atoms with Crippen LogP contribution in [0.25, 0.3) is 0 Å². The number of hydrogen-bond acceptors (Lipinski definition) is 4. The van der Waals surface area contributed by atoms with Gasteiger partial charge >= 0.3 is 0 Å². The van der Waals surface area contributed by atoms with Gasteiger partial charge in [0, 0.05) is 24.0 Å². The van der Waals surface area contributed by atoms with Crippen LogP contribution >= 0.6 is 0 Å². The van der Waals surface area contributed by atoms with Gasteiger partial charge in [-0.1, -0.05) is 0 Å². The Balaban J connectivity index is 1.57. The van der Waals surface area contributed by atoms with Gasteiger partial charge in [-0.25, -0.2) is 4.68 Å². The van der Waals surface area contributed by atoms with E-state index in [4.69, 9.17) is 4.74 Å². The number of ketones is 1. The van der Waals surface area contributed by atoms with Crippen molar-refractivity contribution in [2.45, 2.75) is 45.6 Å². The molecule has 6 nitrogen and oxygen atoms in total. The molecule has 0 spiro atoms. The minimum absolute atomic E-state index is 0.0561. The molecule has 1 heterocycles. The van der Waals surface area contributed by atoms with E-state index in [9.17, 15) is 9.59 Å². The summed E-state index contributed by atoms with van der Waals surface area (Å²) in [5.74, 6) is 1.86. The predicted octanol–water partition coefficient (Wildman–Crippen LogP) is 3.77. The number of nitrogens with one attached hydrogen (secondary N) is 1. The molecule has 0 saturated heterocycles. The van der Waals surface area contributed by atoms with Crippen LogP contribution in [0.3, 0.4) is 0 Å². The molecule has 6 heteroatoms.